The molecule has 0 spiro atoms. The number of fused-ring (bicyclic) bond motifs is 5. The van der Waals surface area contributed by atoms with E-state index < -0.39 is 0 Å². The minimum atomic E-state index is 1.10. The Bertz CT molecular complexity index is 1200. The third kappa shape index (κ3) is 2.49. The Kier molecular flexibility index (Phi) is 3.65. The second-order valence-electron chi connectivity index (χ2n) is 7.80. The number of aromatic nitrogens is 1. The van der Waals surface area contributed by atoms with Crippen LogP contribution in [0.5, 0.6) is 0 Å². The molecule has 0 amide bonds. The van der Waals surface area contributed by atoms with E-state index in [4.69, 9.17) is 0 Å². The summed E-state index contributed by atoms with van der Waals surface area (Å²) >= 11 is 0. The van der Waals surface area contributed by atoms with E-state index in [2.05, 4.69) is 92.3 Å². The van der Waals surface area contributed by atoms with Crippen molar-refractivity contribution in [2.24, 2.45) is 7.05 Å². The Morgan fingerprint density at radius 3 is 2.41 bits per heavy atom. The van der Waals surface area contributed by atoms with E-state index in [1.165, 1.54) is 55.4 Å². The molecular weight excluding hydrogens is 326 g/mol. The molecule has 132 valence electrons. The van der Waals surface area contributed by atoms with Crippen molar-refractivity contribution in [3.8, 4) is 22.4 Å². The van der Waals surface area contributed by atoms with Gasteiger partial charge in [-0.25, -0.2) is 4.57 Å². The fourth-order valence-corrected chi connectivity index (χ4v) is 4.66. The molecule has 1 nitrogen and oxygen atoms in total. The second-order valence-corrected chi connectivity index (χ2v) is 7.80. The van der Waals surface area contributed by atoms with Gasteiger partial charge in [-0.15, -0.1) is 0 Å². The molecule has 1 heterocycles. The van der Waals surface area contributed by atoms with Gasteiger partial charge in [0.05, 0.1) is 5.56 Å². The molecule has 0 fully saturated rings. The fourth-order valence-electron chi connectivity index (χ4n) is 4.66. The monoisotopic (exact) mass is 350 g/mol. The summed E-state index contributed by atoms with van der Waals surface area (Å²) in [6.07, 6.45) is 4.38. The topological polar surface area (TPSA) is 3.88 Å². The highest BCUT2D eigenvalue weighted by Crippen LogP contribution is 2.42. The van der Waals surface area contributed by atoms with Gasteiger partial charge in [0, 0.05) is 12.1 Å². The average molecular weight is 350 g/mol. The minimum absolute atomic E-state index is 1.10. The van der Waals surface area contributed by atoms with E-state index >= 15 is 0 Å². The lowest BCUT2D eigenvalue weighted by Gasteiger charge is -2.24. The highest BCUT2D eigenvalue weighted by atomic mass is 14.9. The predicted octanol–water partition coefficient (Wildman–Crippen LogP) is 5.71. The van der Waals surface area contributed by atoms with Crippen LogP contribution in [0.1, 0.15) is 22.3 Å². The first kappa shape index (κ1) is 16.3. The second kappa shape index (κ2) is 6.06. The maximum atomic E-state index is 2.33. The van der Waals surface area contributed by atoms with Crippen LogP contribution in [0.4, 0.5) is 0 Å². The molecule has 0 aliphatic heterocycles. The smallest absolute Gasteiger partial charge is 0.201 e. The Morgan fingerprint density at radius 2 is 1.52 bits per heavy atom. The van der Waals surface area contributed by atoms with E-state index in [1.54, 1.807) is 0 Å². The normalized spacial score (nSPS) is 12.7. The molecule has 5 rings (SSSR count). The van der Waals surface area contributed by atoms with Gasteiger partial charge in [0.15, 0.2) is 6.20 Å². The van der Waals surface area contributed by atoms with Gasteiger partial charge in [-0.1, -0.05) is 48.5 Å². The molecule has 0 radical (unpaired) electrons. The van der Waals surface area contributed by atoms with E-state index in [1.807, 2.05) is 0 Å². The van der Waals surface area contributed by atoms with Crippen molar-refractivity contribution in [1.82, 2.24) is 0 Å². The lowest BCUT2D eigenvalue weighted by Crippen LogP contribution is -2.31. The Hall–Kier alpha value is -2.93. The molecule has 0 saturated carbocycles. The van der Waals surface area contributed by atoms with Crippen LogP contribution >= 0.6 is 0 Å². The average Bonchev–Trinajstić information content (AvgIpc) is 2.69. The zero-order chi connectivity index (χ0) is 18.5. The lowest BCUT2D eigenvalue weighted by atomic mass is 9.79. The maximum Gasteiger partial charge on any atom is 0.213 e. The van der Waals surface area contributed by atoms with E-state index in [-0.39, 0.29) is 0 Å². The van der Waals surface area contributed by atoms with Gasteiger partial charge in [-0.2, -0.15) is 0 Å². The van der Waals surface area contributed by atoms with Crippen LogP contribution < -0.4 is 4.57 Å². The molecule has 0 saturated heterocycles. The van der Waals surface area contributed by atoms with Crippen LogP contribution in [0.3, 0.4) is 0 Å². The van der Waals surface area contributed by atoms with Gasteiger partial charge in [0.25, 0.3) is 0 Å². The molecule has 27 heavy (non-hydrogen) atoms. The summed E-state index contributed by atoms with van der Waals surface area (Å²) in [4.78, 5) is 0. The first-order valence-corrected chi connectivity index (χ1v) is 9.73. The highest BCUT2D eigenvalue weighted by molar-refractivity contribution is 5.94. The van der Waals surface area contributed by atoms with Gasteiger partial charge in [0.1, 0.15) is 7.05 Å². The molecule has 3 aromatic carbocycles. The van der Waals surface area contributed by atoms with Crippen LogP contribution in [0.25, 0.3) is 33.2 Å². The summed E-state index contributed by atoms with van der Waals surface area (Å²) in [7, 11) is 2.15. The lowest BCUT2D eigenvalue weighted by molar-refractivity contribution is -0.660. The Morgan fingerprint density at radius 1 is 0.778 bits per heavy atom. The third-order valence-electron chi connectivity index (χ3n) is 6.04. The number of rotatable bonds is 1. The van der Waals surface area contributed by atoms with Crippen molar-refractivity contribution in [2.75, 3.05) is 0 Å². The zero-order valence-corrected chi connectivity index (χ0v) is 16.2. The van der Waals surface area contributed by atoms with Crippen LogP contribution in [0.2, 0.25) is 0 Å². The van der Waals surface area contributed by atoms with Crippen LogP contribution in [0, 0.1) is 13.8 Å². The fraction of sp³-hybridized carbons (Fsp3) is 0.192. The Labute approximate surface area is 160 Å². The summed E-state index contributed by atoms with van der Waals surface area (Å²) in [5.41, 5.74) is 11.2. The van der Waals surface area contributed by atoms with E-state index in [0.717, 1.165) is 12.8 Å². The number of benzene rings is 3. The number of aryl methyl sites for hydroxylation is 4. The predicted molar refractivity (Wildman–Crippen MR) is 113 cm³/mol. The maximum absolute atomic E-state index is 2.33. The molecule has 0 unspecified atom stereocenters. The summed E-state index contributed by atoms with van der Waals surface area (Å²) in [6, 6.07) is 22.5. The van der Waals surface area contributed by atoms with Crippen LogP contribution in [-0.4, -0.2) is 0 Å². The van der Waals surface area contributed by atoms with Crippen molar-refractivity contribution >= 4 is 10.8 Å². The van der Waals surface area contributed by atoms with E-state index in [0.29, 0.717) is 0 Å². The third-order valence-corrected chi connectivity index (χ3v) is 6.04. The van der Waals surface area contributed by atoms with Crippen molar-refractivity contribution in [1.29, 1.82) is 0 Å². The highest BCUT2D eigenvalue weighted by Gasteiger charge is 2.25. The summed E-state index contributed by atoms with van der Waals surface area (Å²) in [6.45, 7) is 4.42. The summed E-state index contributed by atoms with van der Waals surface area (Å²) in [5, 5.41) is 2.75. The molecule has 4 aromatic rings. The summed E-state index contributed by atoms with van der Waals surface area (Å²) < 4.78 is 2.26. The largest absolute Gasteiger partial charge is 0.213 e. The number of hydrogen-bond acceptors (Lipinski definition) is 0. The quantitative estimate of drug-likeness (QED) is 0.387. The molecule has 0 atom stereocenters. The molecule has 1 aliphatic rings. The zero-order valence-electron chi connectivity index (χ0n) is 16.2. The number of nitrogens with zero attached hydrogens (tertiary/aromatic N) is 1. The summed E-state index contributed by atoms with van der Waals surface area (Å²) in [5.74, 6) is 0. The molecular formula is C26H24N+. The first-order chi connectivity index (χ1) is 13.1. The van der Waals surface area contributed by atoms with Gasteiger partial charge in [-0.3, -0.25) is 0 Å². The number of pyridine rings is 1. The molecule has 1 heteroatoms. The van der Waals surface area contributed by atoms with Crippen molar-refractivity contribution in [2.45, 2.75) is 26.7 Å². The SMILES string of the molecule is Cc1cc[n+](C)c(-c2c(C)ccc3c2CCc2c-3ccc3ccccc23)c1. The Balaban J connectivity index is 1.80. The number of hydrogen-bond donors (Lipinski definition) is 0. The van der Waals surface area contributed by atoms with Gasteiger partial charge >= 0.3 is 0 Å². The first-order valence-electron chi connectivity index (χ1n) is 9.73. The van der Waals surface area contributed by atoms with E-state index in [9.17, 15) is 0 Å². The molecule has 1 aromatic heterocycles. The van der Waals surface area contributed by atoms with Crippen LogP contribution in [-0.2, 0) is 19.9 Å². The minimum Gasteiger partial charge on any atom is -0.201 e. The van der Waals surface area contributed by atoms with Gasteiger partial charge in [-0.05, 0) is 70.8 Å². The van der Waals surface area contributed by atoms with Gasteiger partial charge < -0.3 is 0 Å². The van der Waals surface area contributed by atoms with Crippen molar-refractivity contribution < 1.29 is 4.57 Å². The molecule has 0 bridgehead atoms. The molecule has 1 aliphatic carbocycles. The van der Waals surface area contributed by atoms with Crippen molar-refractivity contribution in [3.63, 3.8) is 0 Å². The van der Waals surface area contributed by atoms with Crippen LogP contribution in [0.15, 0.2) is 66.9 Å². The molecule has 0 N–H and O–H groups in total. The van der Waals surface area contributed by atoms with Gasteiger partial charge in [0.2, 0.25) is 5.69 Å². The van der Waals surface area contributed by atoms with Crippen molar-refractivity contribution in [3.05, 3.63) is 89.1 Å². The standard InChI is InChI=1S/C26H24N/c1-17-14-15-27(3)25(16-17)26-18(2)8-10-23-22-11-9-19-6-4-5-7-20(19)21(22)12-13-24(23)26/h4-11,14-16H,12-13H2,1-3H3/q+1.